The largest absolute Gasteiger partial charge is 0.101 e. The average molecular weight is 347 g/mol. The van der Waals surface area contributed by atoms with E-state index in [1.54, 1.807) is 11.1 Å². The van der Waals surface area contributed by atoms with Crippen molar-refractivity contribution in [1.82, 2.24) is 0 Å². The summed E-state index contributed by atoms with van der Waals surface area (Å²) in [5, 5.41) is 0. The van der Waals surface area contributed by atoms with E-state index < -0.39 is 0 Å². The van der Waals surface area contributed by atoms with Gasteiger partial charge >= 0.3 is 0 Å². The maximum Gasteiger partial charge on any atom is 0.0320 e. The van der Waals surface area contributed by atoms with Gasteiger partial charge in [0, 0.05) is 5.56 Å². The molecule has 4 atom stereocenters. The summed E-state index contributed by atoms with van der Waals surface area (Å²) < 4.78 is 0. The molecule has 0 aromatic heterocycles. The van der Waals surface area contributed by atoms with Crippen LogP contribution in [0.3, 0.4) is 0 Å². The van der Waals surface area contributed by atoms with E-state index in [2.05, 4.69) is 44.1 Å². The van der Waals surface area contributed by atoms with Gasteiger partial charge < -0.3 is 0 Å². The van der Waals surface area contributed by atoms with Crippen LogP contribution in [-0.2, 0) is 6.42 Å². The number of fused-ring (bicyclic) bond motifs is 5. The second-order valence-corrected chi connectivity index (χ2v) is 8.23. The van der Waals surface area contributed by atoms with Crippen LogP contribution < -0.4 is 0 Å². The third-order valence-corrected chi connectivity index (χ3v) is 7.33. The number of hydrogen-bond acceptors (Lipinski definition) is 0. The molecule has 0 heterocycles. The van der Waals surface area contributed by atoms with Crippen molar-refractivity contribution in [3.63, 3.8) is 0 Å². The van der Waals surface area contributed by atoms with Gasteiger partial charge in [0.2, 0.25) is 0 Å². The van der Waals surface area contributed by atoms with E-state index in [9.17, 15) is 0 Å². The average Bonchev–Trinajstić information content (AvgIpc) is 2.98. The topological polar surface area (TPSA) is 0 Å². The van der Waals surface area contributed by atoms with E-state index >= 15 is 0 Å². The summed E-state index contributed by atoms with van der Waals surface area (Å²) in [6.07, 6.45) is 9.77. The Hall–Kier alpha value is -1.74. The molecule has 138 valence electrons. The lowest BCUT2D eigenvalue weighted by molar-refractivity contribution is 0.0817. The van der Waals surface area contributed by atoms with Crippen molar-refractivity contribution in [3.8, 4) is 11.8 Å². The summed E-state index contributed by atoms with van der Waals surface area (Å²) >= 11 is 0. The summed E-state index contributed by atoms with van der Waals surface area (Å²) in [7, 11) is 0. The number of benzene rings is 1. The molecule has 26 heavy (non-hydrogen) atoms. The number of allylic oxidation sites excluding steroid dienone is 1. The molecule has 0 spiro atoms. The van der Waals surface area contributed by atoms with Crippen LogP contribution in [0.1, 0.15) is 88.0 Å². The molecular formula is C26H34. The molecule has 0 aliphatic heterocycles. The van der Waals surface area contributed by atoms with Crippen molar-refractivity contribution in [2.24, 2.45) is 17.3 Å². The molecule has 0 N–H and O–H groups in total. The molecule has 0 amide bonds. The highest BCUT2D eigenvalue weighted by Crippen LogP contribution is 2.62. The fourth-order valence-corrected chi connectivity index (χ4v) is 5.96. The van der Waals surface area contributed by atoms with E-state index in [0.29, 0.717) is 5.41 Å². The van der Waals surface area contributed by atoms with Gasteiger partial charge in [0.05, 0.1) is 0 Å². The summed E-state index contributed by atoms with van der Waals surface area (Å²) in [4.78, 5) is 0. The van der Waals surface area contributed by atoms with Crippen molar-refractivity contribution in [2.75, 3.05) is 0 Å². The minimum atomic E-state index is 0.409. The lowest BCUT2D eigenvalue weighted by Crippen LogP contribution is -2.40. The summed E-state index contributed by atoms with van der Waals surface area (Å²) in [6, 6.07) is 4.76. The van der Waals surface area contributed by atoms with Gasteiger partial charge in [-0.2, -0.15) is 0 Å². The van der Waals surface area contributed by atoms with Crippen molar-refractivity contribution in [2.45, 2.75) is 72.1 Å². The molecule has 1 aromatic rings. The lowest BCUT2D eigenvalue weighted by atomic mass is 9.55. The Morgan fingerprint density at radius 1 is 1.15 bits per heavy atom. The Kier molecular flexibility index (Phi) is 5.47. The van der Waals surface area contributed by atoms with Crippen LogP contribution in [0.25, 0.3) is 6.08 Å². The van der Waals surface area contributed by atoms with Gasteiger partial charge in [-0.1, -0.05) is 57.6 Å². The van der Waals surface area contributed by atoms with Gasteiger partial charge in [0.25, 0.3) is 0 Å². The van der Waals surface area contributed by atoms with Crippen LogP contribution in [0.4, 0.5) is 0 Å². The zero-order valence-electron chi connectivity index (χ0n) is 17.1. The van der Waals surface area contributed by atoms with Crippen molar-refractivity contribution in [3.05, 3.63) is 53.1 Å². The quantitative estimate of drug-likeness (QED) is 0.374. The summed E-state index contributed by atoms with van der Waals surface area (Å²) in [5.41, 5.74) is 7.44. The van der Waals surface area contributed by atoms with E-state index in [1.807, 2.05) is 26.8 Å². The molecule has 0 bridgehead atoms. The standard InChI is InChI=1S/C24H28.C2H6/c1-5-7-18-15-22-19(14-17(18)6-2)9-10-21-20(22)12-13-24(4)16(3)8-11-23(21)24;1-2/h6,14-15,20-21,23H,2-3,8-13H2,1,4H3;1-2H3. The van der Waals surface area contributed by atoms with E-state index in [-0.39, 0.29) is 0 Å². The van der Waals surface area contributed by atoms with Crippen LogP contribution in [0.5, 0.6) is 0 Å². The van der Waals surface area contributed by atoms with Gasteiger partial charge in [-0.05, 0) is 91.4 Å². The molecule has 0 heteroatoms. The van der Waals surface area contributed by atoms with Crippen molar-refractivity contribution < 1.29 is 0 Å². The maximum absolute atomic E-state index is 4.42. The number of hydrogen-bond donors (Lipinski definition) is 0. The van der Waals surface area contributed by atoms with Gasteiger partial charge in [0.15, 0.2) is 0 Å². The fraction of sp³-hybridized carbons (Fsp3) is 0.538. The molecule has 3 aliphatic carbocycles. The molecule has 3 aliphatic rings. The Morgan fingerprint density at radius 2 is 1.92 bits per heavy atom. The number of rotatable bonds is 1. The van der Waals surface area contributed by atoms with Crippen LogP contribution >= 0.6 is 0 Å². The van der Waals surface area contributed by atoms with Crippen LogP contribution in [0.15, 0.2) is 30.9 Å². The smallest absolute Gasteiger partial charge is 0.0320 e. The first-order valence-electron chi connectivity index (χ1n) is 10.5. The molecule has 0 radical (unpaired) electrons. The minimum absolute atomic E-state index is 0.409. The molecule has 4 rings (SSSR count). The van der Waals surface area contributed by atoms with Crippen molar-refractivity contribution >= 4 is 6.08 Å². The predicted molar refractivity (Wildman–Crippen MR) is 114 cm³/mol. The predicted octanol–water partition coefficient (Wildman–Crippen LogP) is 7.14. The third-order valence-electron chi connectivity index (χ3n) is 7.33. The molecule has 4 unspecified atom stereocenters. The van der Waals surface area contributed by atoms with Crippen LogP contribution in [-0.4, -0.2) is 0 Å². The highest BCUT2D eigenvalue weighted by molar-refractivity contribution is 5.61. The summed E-state index contributed by atoms with van der Waals surface area (Å²) in [6.45, 7) is 16.8. The Bertz CT molecular complexity index is 769. The summed E-state index contributed by atoms with van der Waals surface area (Å²) in [5.74, 6) is 8.79. The SMILES string of the molecule is C=Cc1cc2c(cc1C#CC)C1CCC3(C)C(=C)CCC3C1CC2.CC. The third kappa shape index (κ3) is 2.87. The minimum Gasteiger partial charge on any atom is -0.101 e. The van der Waals surface area contributed by atoms with Gasteiger partial charge in [-0.15, -0.1) is 5.92 Å². The molecule has 0 saturated heterocycles. The fourth-order valence-electron chi connectivity index (χ4n) is 5.96. The Labute approximate surface area is 160 Å². The van der Waals surface area contributed by atoms with E-state index in [4.69, 9.17) is 0 Å². The number of aryl methyl sites for hydroxylation is 1. The second kappa shape index (κ2) is 7.48. The first-order valence-corrected chi connectivity index (χ1v) is 10.5. The van der Waals surface area contributed by atoms with Gasteiger partial charge in [-0.3, -0.25) is 0 Å². The van der Waals surface area contributed by atoms with E-state index in [1.165, 1.54) is 49.7 Å². The first kappa shape index (κ1) is 19.0. The van der Waals surface area contributed by atoms with Crippen molar-refractivity contribution in [1.29, 1.82) is 0 Å². The zero-order chi connectivity index (χ0) is 18.9. The zero-order valence-corrected chi connectivity index (χ0v) is 17.1. The highest BCUT2D eigenvalue weighted by Gasteiger charge is 2.51. The monoisotopic (exact) mass is 346 g/mol. The van der Waals surface area contributed by atoms with Gasteiger partial charge in [-0.25, -0.2) is 0 Å². The molecular weight excluding hydrogens is 312 g/mol. The Balaban J connectivity index is 0.000000948. The molecule has 2 fully saturated rings. The molecule has 1 aromatic carbocycles. The molecule has 2 saturated carbocycles. The normalized spacial score (nSPS) is 31.4. The van der Waals surface area contributed by atoms with Gasteiger partial charge in [0.1, 0.15) is 0 Å². The first-order chi connectivity index (χ1) is 12.6. The van der Waals surface area contributed by atoms with Crippen LogP contribution in [0, 0.1) is 29.1 Å². The maximum atomic E-state index is 4.42. The molecule has 0 nitrogen and oxygen atoms in total. The van der Waals surface area contributed by atoms with Crippen LogP contribution in [0.2, 0.25) is 0 Å². The lowest BCUT2D eigenvalue weighted by Gasteiger charge is -2.49. The highest BCUT2D eigenvalue weighted by atomic mass is 14.6. The van der Waals surface area contributed by atoms with E-state index in [0.717, 1.165) is 23.3 Å². The second-order valence-electron chi connectivity index (χ2n) is 8.23. The Morgan fingerprint density at radius 3 is 2.62 bits per heavy atom.